The summed E-state index contributed by atoms with van der Waals surface area (Å²) < 4.78 is 44.5. The molecule has 0 spiro atoms. The summed E-state index contributed by atoms with van der Waals surface area (Å²) in [5.41, 5.74) is -0.713. The molecule has 1 atom stereocenters. The monoisotopic (exact) mass is 303 g/mol. The molecule has 1 N–H and O–H groups in total. The van der Waals surface area contributed by atoms with Crippen molar-refractivity contribution in [2.75, 3.05) is 13.1 Å². The molecule has 1 unspecified atom stereocenters. The van der Waals surface area contributed by atoms with Crippen molar-refractivity contribution in [1.82, 2.24) is 5.32 Å². The van der Waals surface area contributed by atoms with Crippen LogP contribution in [0.5, 0.6) is 5.75 Å². The first-order valence-electron chi connectivity index (χ1n) is 7.38. The van der Waals surface area contributed by atoms with Gasteiger partial charge in [-0.15, -0.1) is 0 Å². The number of alkyl halides is 3. The van der Waals surface area contributed by atoms with Crippen LogP contribution in [0.1, 0.15) is 39.2 Å². The van der Waals surface area contributed by atoms with Gasteiger partial charge in [-0.3, -0.25) is 0 Å². The molecule has 0 aromatic heterocycles. The third kappa shape index (κ3) is 6.38. The van der Waals surface area contributed by atoms with E-state index >= 15 is 0 Å². The number of ether oxygens (including phenoxy) is 1. The molecule has 0 aliphatic heterocycles. The summed E-state index contributed by atoms with van der Waals surface area (Å²) in [6.45, 7) is 7.54. The summed E-state index contributed by atoms with van der Waals surface area (Å²) in [7, 11) is 0. The maximum absolute atomic E-state index is 12.9. The first-order valence-corrected chi connectivity index (χ1v) is 7.38. The second-order valence-electron chi connectivity index (χ2n) is 5.57. The summed E-state index contributed by atoms with van der Waals surface area (Å²) in [6, 6.07) is 5.38. The number of benzene rings is 1. The maximum atomic E-state index is 12.9. The van der Waals surface area contributed by atoms with Gasteiger partial charge >= 0.3 is 6.18 Å². The van der Waals surface area contributed by atoms with Crippen LogP contribution in [0.2, 0.25) is 0 Å². The minimum atomic E-state index is -4.39. The van der Waals surface area contributed by atoms with Crippen molar-refractivity contribution < 1.29 is 17.9 Å². The average molecular weight is 303 g/mol. The summed E-state index contributed by atoms with van der Waals surface area (Å²) in [4.78, 5) is 0. The predicted octanol–water partition coefficient (Wildman–Crippen LogP) is 4.50. The van der Waals surface area contributed by atoms with Crippen molar-refractivity contribution in [3.63, 3.8) is 0 Å². The normalized spacial score (nSPS) is 13.5. The van der Waals surface area contributed by atoms with E-state index in [2.05, 4.69) is 19.2 Å². The van der Waals surface area contributed by atoms with Gasteiger partial charge in [-0.05, 0) is 31.0 Å². The highest BCUT2D eigenvalue weighted by molar-refractivity contribution is 5.35. The molecule has 1 aromatic rings. The highest BCUT2D eigenvalue weighted by Crippen LogP contribution is 2.36. The molecule has 2 nitrogen and oxygen atoms in total. The summed E-state index contributed by atoms with van der Waals surface area (Å²) in [5, 5.41) is 3.24. The number of hydrogen-bond donors (Lipinski definition) is 1. The van der Waals surface area contributed by atoms with Crippen LogP contribution < -0.4 is 10.1 Å². The molecule has 1 aromatic carbocycles. The molecule has 21 heavy (non-hydrogen) atoms. The van der Waals surface area contributed by atoms with Crippen LogP contribution in [-0.4, -0.2) is 19.2 Å². The highest BCUT2D eigenvalue weighted by Gasteiger charge is 2.34. The fraction of sp³-hybridized carbons (Fsp3) is 0.625. The molecule has 0 saturated heterocycles. The SMILES string of the molecule is CCCC(CNCC(C)C)Oc1ccccc1C(F)(F)F. The Hall–Kier alpha value is -1.23. The van der Waals surface area contributed by atoms with Gasteiger partial charge in [0.1, 0.15) is 11.9 Å². The van der Waals surface area contributed by atoms with E-state index in [0.717, 1.165) is 25.5 Å². The molecule has 0 bridgehead atoms. The quantitative estimate of drug-likeness (QED) is 0.763. The van der Waals surface area contributed by atoms with Gasteiger partial charge < -0.3 is 10.1 Å². The number of hydrogen-bond acceptors (Lipinski definition) is 2. The maximum Gasteiger partial charge on any atom is 0.419 e. The highest BCUT2D eigenvalue weighted by atomic mass is 19.4. The van der Waals surface area contributed by atoms with Crippen molar-refractivity contribution in [3.05, 3.63) is 29.8 Å². The van der Waals surface area contributed by atoms with Gasteiger partial charge in [-0.25, -0.2) is 0 Å². The largest absolute Gasteiger partial charge is 0.488 e. The number of rotatable bonds is 8. The van der Waals surface area contributed by atoms with E-state index in [1.807, 2.05) is 6.92 Å². The van der Waals surface area contributed by atoms with Crippen LogP contribution in [0.3, 0.4) is 0 Å². The third-order valence-corrected chi connectivity index (χ3v) is 3.02. The van der Waals surface area contributed by atoms with Crippen LogP contribution in [0.25, 0.3) is 0 Å². The zero-order valence-corrected chi connectivity index (χ0v) is 12.8. The van der Waals surface area contributed by atoms with Crippen LogP contribution in [-0.2, 0) is 6.18 Å². The Morgan fingerprint density at radius 2 is 1.81 bits per heavy atom. The van der Waals surface area contributed by atoms with Gasteiger partial charge in [-0.1, -0.05) is 39.3 Å². The zero-order chi connectivity index (χ0) is 15.9. The molecular formula is C16H24F3NO. The Morgan fingerprint density at radius 1 is 1.14 bits per heavy atom. The van der Waals surface area contributed by atoms with Gasteiger partial charge in [-0.2, -0.15) is 13.2 Å². The first-order chi connectivity index (χ1) is 9.84. The molecule has 5 heteroatoms. The Labute approximate surface area is 124 Å². The van der Waals surface area contributed by atoms with Crippen LogP contribution in [0.15, 0.2) is 24.3 Å². The van der Waals surface area contributed by atoms with E-state index in [-0.39, 0.29) is 11.9 Å². The summed E-state index contributed by atoms with van der Waals surface area (Å²) in [6.07, 6.45) is -3.06. The molecule has 0 radical (unpaired) electrons. The lowest BCUT2D eigenvalue weighted by Crippen LogP contribution is -2.33. The smallest absolute Gasteiger partial charge is 0.419 e. The molecule has 0 aliphatic rings. The number of para-hydroxylation sites is 1. The van der Waals surface area contributed by atoms with E-state index in [4.69, 9.17) is 4.74 Å². The van der Waals surface area contributed by atoms with Crippen molar-refractivity contribution in [2.45, 2.75) is 45.9 Å². The summed E-state index contributed by atoms with van der Waals surface area (Å²) in [5.74, 6) is 0.407. The van der Waals surface area contributed by atoms with Gasteiger partial charge in [0.2, 0.25) is 0 Å². The lowest BCUT2D eigenvalue weighted by atomic mass is 10.1. The van der Waals surface area contributed by atoms with Gasteiger partial charge in [0.05, 0.1) is 5.56 Å². The molecule has 120 valence electrons. The minimum absolute atomic E-state index is 0.0882. The topological polar surface area (TPSA) is 21.3 Å². The molecule has 0 amide bonds. The average Bonchev–Trinajstić information content (AvgIpc) is 2.38. The van der Waals surface area contributed by atoms with Gasteiger partial charge in [0, 0.05) is 6.54 Å². The molecule has 0 saturated carbocycles. The fourth-order valence-electron chi connectivity index (χ4n) is 2.04. The Balaban J connectivity index is 2.75. The van der Waals surface area contributed by atoms with Crippen molar-refractivity contribution >= 4 is 0 Å². The second kappa shape index (κ2) is 8.27. The fourth-order valence-corrected chi connectivity index (χ4v) is 2.04. The molecule has 0 fully saturated rings. The number of halogens is 3. The van der Waals surface area contributed by atoms with Crippen molar-refractivity contribution in [2.24, 2.45) is 5.92 Å². The molecule has 1 rings (SSSR count). The second-order valence-corrected chi connectivity index (χ2v) is 5.57. The van der Waals surface area contributed by atoms with E-state index < -0.39 is 11.7 Å². The molecule has 0 heterocycles. The van der Waals surface area contributed by atoms with Crippen LogP contribution in [0.4, 0.5) is 13.2 Å². The van der Waals surface area contributed by atoms with Crippen LogP contribution in [0, 0.1) is 5.92 Å². The Morgan fingerprint density at radius 3 is 2.38 bits per heavy atom. The third-order valence-electron chi connectivity index (χ3n) is 3.02. The van der Waals surface area contributed by atoms with E-state index in [1.165, 1.54) is 12.1 Å². The first kappa shape index (κ1) is 17.8. The van der Waals surface area contributed by atoms with E-state index in [0.29, 0.717) is 12.5 Å². The van der Waals surface area contributed by atoms with E-state index in [1.54, 1.807) is 6.07 Å². The lowest BCUT2D eigenvalue weighted by molar-refractivity contribution is -0.139. The van der Waals surface area contributed by atoms with Gasteiger partial charge in [0.25, 0.3) is 0 Å². The van der Waals surface area contributed by atoms with Crippen molar-refractivity contribution in [3.8, 4) is 5.75 Å². The minimum Gasteiger partial charge on any atom is -0.488 e. The van der Waals surface area contributed by atoms with Gasteiger partial charge in [0.15, 0.2) is 0 Å². The van der Waals surface area contributed by atoms with Crippen molar-refractivity contribution in [1.29, 1.82) is 0 Å². The summed E-state index contributed by atoms with van der Waals surface area (Å²) >= 11 is 0. The Bertz CT molecular complexity index is 418. The molecule has 0 aliphatic carbocycles. The number of nitrogens with one attached hydrogen (secondary N) is 1. The zero-order valence-electron chi connectivity index (χ0n) is 12.8. The standard InChI is InChI=1S/C16H24F3NO/c1-4-7-13(11-20-10-12(2)3)21-15-9-6-5-8-14(15)16(17,18)19/h5-6,8-9,12-13,20H,4,7,10-11H2,1-3H3. The predicted molar refractivity (Wildman–Crippen MR) is 78.5 cm³/mol. The lowest BCUT2D eigenvalue weighted by Gasteiger charge is -2.22. The van der Waals surface area contributed by atoms with E-state index in [9.17, 15) is 13.2 Å². The Kier molecular flexibility index (Phi) is 7.02. The van der Waals surface area contributed by atoms with Crippen LogP contribution >= 0.6 is 0 Å². The molecular weight excluding hydrogens is 279 g/mol.